The first-order valence-corrected chi connectivity index (χ1v) is 12.6. The smallest absolute Gasteiger partial charge is 0.497 e. The monoisotopic (exact) mass is 598 g/mol. The Balaban J connectivity index is 0.00000277. The Bertz CT molecular complexity index is 2010. The van der Waals surface area contributed by atoms with Crippen molar-refractivity contribution < 1.29 is 25.2 Å². The Morgan fingerprint density at radius 1 is 0.744 bits per heavy atom. The predicted molar refractivity (Wildman–Crippen MR) is 152 cm³/mol. The van der Waals surface area contributed by atoms with Crippen molar-refractivity contribution in [2.45, 2.75) is 26.2 Å². The number of imidazole rings is 1. The Hall–Kier alpha value is -4.11. The van der Waals surface area contributed by atoms with Crippen LogP contribution in [0.5, 0.6) is 11.5 Å². The largest absolute Gasteiger partial charge is 2.00 e. The standard InChI is InChI=1S/C33H24N4O.Pd/c1-33(2,3)22-15-17-34-29(19-22)21-8-6-9-23(18-21)38-24-13-14-25-26-10-7-16-35-31(26)37-30-12-5-4-11-28(30)36-32(37)27(25)20-24;/h4-17,19H,1-3H3;/q-2;+2. The third-order valence-corrected chi connectivity index (χ3v) is 6.88. The van der Waals surface area contributed by atoms with E-state index in [9.17, 15) is 0 Å². The molecule has 0 N–H and O–H groups in total. The molecule has 4 aromatic heterocycles. The molecule has 0 fully saturated rings. The molecule has 5 nitrogen and oxygen atoms in total. The number of nitrogens with zero attached hydrogens (tertiary/aromatic N) is 4. The van der Waals surface area contributed by atoms with Crippen molar-refractivity contribution in [3.63, 3.8) is 0 Å². The van der Waals surface area contributed by atoms with Crippen LogP contribution >= 0.6 is 0 Å². The van der Waals surface area contributed by atoms with Gasteiger partial charge in [0.2, 0.25) is 0 Å². The molecule has 6 heteroatoms. The zero-order valence-corrected chi connectivity index (χ0v) is 23.2. The minimum atomic E-state index is 0. The SMILES string of the molecule is CC(C)(C)c1ccnc(-c2[c-]c(Oc3[c-]c4c(cc3)c3cccnc3n3c5ccccc5nc43)ccc2)c1.[Pd+2]. The number of para-hydroxylation sites is 2. The number of aromatic nitrogens is 4. The van der Waals surface area contributed by atoms with Crippen LogP contribution in [0, 0.1) is 12.1 Å². The summed E-state index contributed by atoms with van der Waals surface area (Å²) in [6, 6.07) is 33.1. The summed E-state index contributed by atoms with van der Waals surface area (Å²) in [6.45, 7) is 6.60. The quantitative estimate of drug-likeness (QED) is 0.118. The molecule has 0 bridgehead atoms. The van der Waals surface area contributed by atoms with E-state index in [2.05, 4.69) is 72.6 Å². The van der Waals surface area contributed by atoms with Crippen LogP contribution in [-0.2, 0) is 25.8 Å². The van der Waals surface area contributed by atoms with Crippen LogP contribution in [0.2, 0.25) is 0 Å². The molecule has 3 aromatic carbocycles. The molecule has 192 valence electrons. The maximum Gasteiger partial charge on any atom is 2.00 e. The van der Waals surface area contributed by atoms with E-state index in [1.165, 1.54) is 5.56 Å². The zero-order valence-electron chi connectivity index (χ0n) is 21.7. The molecule has 4 heterocycles. The molecular formula is C33H24N4OPd. The molecule has 0 aliphatic carbocycles. The Kier molecular flexibility index (Phi) is 6.18. The summed E-state index contributed by atoms with van der Waals surface area (Å²) >= 11 is 0. The van der Waals surface area contributed by atoms with E-state index in [0.29, 0.717) is 11.5 Å². The average Bonchev–Trinajstić information content (AvgIpc) is 3.33. The molecule has 7 rings (SSSR count). The van der Waals surface area contributed by atoms with Crippen molar-refractivity contribution in [3.8, 4) is 22.8 Å². The molecule has 0 amide bonds. The van der Waals surface area contributed by atoms with Crippen molar-refractivity contribution in [1.29, 1.82) is 0 Å². The molecule has 0 aliphatic rings. The first-order chi connectivity index (χ1) is 18.5. The summed E-state index contributed by atoms with van der Waals surface area (Å²) in [7, 11) is 0. The molecule has 0 radical (unpaired) electrons. The number of hydrogen-bond donors (Lipinski definition) is 0. The molecule has 0 aliphatic heterocycles. The zero-order chi connectivity index (χ0) is 25.9. The van der Waals surface area contributed by atoms with Gasteiger partial charge in [-0.15, -0.1) is 29.8 Å². The normalized spacial score (nSPS) is 11.8. The topological polar surface area (TPSA) is 52.3 Å². The summed E-state index contributed by atoms with van der Waals surface area (Å²) in [5, 5.41) is 2.96. The maximum absolute atomic E-state index is 6.29. The van der Waals surface area contributed by atoms with E-state index >= 15 is 0 Å². The fourth-order valence-corrected chi connectivity index (χ4v) is 4.95. The molecule has 7 aromatic rings. The van der Waals surface area contributed by atoms with Gasteiger partial charge < -0.3 is 14.1 Å². The predicted octanol–water partition coefficient (Wildman–Crippen LogP) is 7.94. The van der Waals surface area contributed by atoms with E-state index in [4.69, 9.17) is 14.7 Å². The molecule has 0 saturated heterocycles. The van der Waals surface area contributed by atoms with Crippen molar-refractivity contribution in [3.05, 3.63) is 109 Å². The van der Waals surface area contributed by atoms with Gasteiger partial charge in [0.15, 0.2) is 0 Å². The minimum Gasteiger partial charge on any atom is -0.497 e. The van der Waals surface area contributed by atoms with Crippen LogP contribution in [0.4, 0.5) is 0 Å². The van der Waals surface area contributed by atoms with Gasteiger partial charge in [-0.25, -0.2) is 4.98 Å². The molecule has 0 saturated carbocycles. The van der Waals surface area contributed by atoms with Gasteiger partial charge in [-0.05, 0) is 46.3 Å². The van der Waals surface area contributed by atoms with Crippen LogP contribution in [0.1, 0.15) is 26.3 Å². The summed E-state index contributed by atoms with van der Waals surface area (Å²) < 4.78 is 8.39. The molecule has 0 spiro atoms. The molecule has 0 unspecified atom stereocenters. The van der Waals surface area contributed by atoms with Gasteiger partial charge in [0, 0.05) is 23.9 Å². The van der Waals surface area contributed by atoms with E-state index in [0.717, 1.165) is 49.7 Å². The van der Waals surface area contributed by atoms with Crippen molar-refractivity contribution in [1.82, 2.24) is 19.4 Å². The van der Waals surface area contributed by atoms with Crippen molar-refractivity contribution in [2.24, 2.45) is 0 Å². The van der Waals surface area contributed by atoms with E-state index in [1.807, 2.05) is 60.9 Å². The maximum atomic E-state index is 6.29. The Labute approximate surface area is 240 Å². The van der Waals surface area contributed by atoms with Gasteiger partial charge >= 0.3 is 20.4 Å². The summed E-state index contributed by atoms with van der Waals surface area (Å²) in [6.07, 6.45) is 3.67. The first-order valence-electron chi connectivity index (χ1n) is 12.6. The fraction of sp³-hybridized carbons (Fsp3) is 0.121. The number of pyridine rings is 3. The summed E-state index contributed by atoms with van der Waals surface area (Å²) in [4.78, 5) is 14.2. The third kappa shape index (κ3) is 4.36. The summed E-state index contributed by atoms with van der Waals surface area (Å²) in [5.41, 5.74) is 6.62. The van der Waals surface area contributed by atoms with Crippen molar-refractivity contribution in [2.75, 3.05) is 0 Å². The fourth-order valence-electron chi connectivity index (χ4n) is 4.95. The molecular weight excluding hydrogens is 575 g/mol. The van der Waals surface area contributed by atoms with E-state index < -0.39 is 0 Å². The second kappa shape index (κ2) is 9.57. The van der Waals surface area contributed by atoms with Crippen LogP contribution in [-0.4, -0.2) is 19.4 Å². The Morgan fingerprint density at radius 3 is 2.46 bits per heavy atom. The van der Waals surface area contributed by atoms with Gasteiger partial charge in [-0.2, -0.15) is 0 Å². The van der Waals surface area contributed by atoms with Gasteiger partial charge in [-0.1, -0.05) is 74.0 Å². The van der Waals surface area contributed by atoms with Gasteiger partial charge in [-0.3, -0.25) is 4.98 Å². The number of benzene rings is 3. The van der Waals surface area contributed by atoms with Gasteiger partial charge in [0.05, 0.1) is 16.7 Å². The summed E-state index contributed by atoms with van der Waals surface area (Å²) in [5.74, 6) is 1.20. The number of ether oxygens (including phenoxy) is 1. The third-order valence-electron chi connectivity index (χ3n) is 6.88. The van der Waals surface area contributed by atoms with Crippen LogP contribution in [0.15, 0.2) is 91.3 Å². The number of hydrogen-bond acceptors (Lipinski definition) is 4. The van der Waals surface area contributed by atoms with Gasteiger partial charge in [0.25, 0.3) is 0 Å². The van der Waals surface area contributed by atoms with Crippen LogP contribution < -0.4 is 4.74 Å². The molecule has 39 heavy (non-hydrogen) atoms. The van der Waals surface area contributed by atoms with Crippen LogP contribution in [0.3, 0.4) is 0 Å². The van der Waals surface area contributed by atoms with Gasteiger partial charge in [0.1, 0.15) is 5.65 Å². The Morgan fingerprint density at radius 2 is 1.59 bits per heavy atom. The second-order valence-electron chi connectivity index (χ2n) is 10.5. The number of fused-ring (bicyclic) bond motifs is 8. The average molecular weight is 599 g/mol. The molecule has 0 atom stereocenters. The second-order valence-corrected chi connectivity index (χ2v) is 10.5. The van der Waals surface area contributed by atoms with Crippen LogP contribution in [0.25, 0.3) is 49.7 Å². The van der Waals surface area contributed by atoms with E-state index in [1.54, 1.807) is 0 Å². The number of rotatable bonds is 3. The van der Waals surface area contributed by atoms with E-state index in [-0.39, 0.29) is 25.8 Å². The first kappa shape index (κ1) is 25.2. The minimum absolute atomic E-state index is 0. The van der Waals surface area contributed by atoms with Crippen molar-refractivity contribution >= 4 is 38.5 Å².